The van der Waals surface area contributed by atoms with Gasteiger partial charge in [0.1, 0.15) is 29.8 Å². The molecule has 1 aromatic heterocycles. The van der Waals surface area contributed by atoms with E-state index in [0.717, 1.165) is 37.0 Å². The Labute approximate surface area is 189 Å². The largest absolute Gasteiger partial charge is 0.491 e. The normalized spacial score (nSPS) is 15.9. The first-order chi connectivity index (χ1) is 15.5. The number of hydrogen-bond donors (Lipinski definition) is 2. The topological polar surface area (TPSA) is 71.7 Å². The van der Waals surface area contributed by atoms with Gasteiger partial charge in [0.15, 0.2) is 0 Å². The third-order valence-electron chi connectivity index (χ3n) is 6.13. The molecule has 0 bridgehead atoms. The molecule has 2 N–H and O–H groups in total. The second-order valence-corrected chi connectivity index (χ2v) is 9.06. The lowest BCUT2D eigenvalue weighted by Crippen LogP contribution is -2.35. The van der Waals surface area contributed by atoms with Gasteiger partial charge in [-0.3, -0.25) is 4.79 Å². The van der Waals surface area contributed by atoms with Crippen LogP contribution in [-0.4, -0.2) is 30.4 Å². The van der Waals surface area contributed by atoms with Gasteiger partial charge >= 0.3 is 0 Å². The summed E-state index contributed by atoms with van der Waals surface area (Å²) in [6.07, 6.45) is 5.02. The molecule has 0 aliphatic heterocycles. The van der Waals surface area contributed by atoms with E-state index in [2.05, 4.69) is 5.32 Å². The summed E-state index contributed by atoms with van der Waals surface area (Å²) < 4.78 is 12.2. The summed E-state index contributed by atoms with van der Waals surface area (Å²) in [5.74, 6) is 1.64. The van der Waals surface area contributed by atoms with Crippen molar-refractivity contribution in [2.45, 2.75) is 64.0 Å². The van der Waals surface area contributed by atoms with Crippen LogP contribution in [0.5, 0.6) is 5.75 Å². The van der Waals surface area contributed by atoms with Crippen molar-refractivity contribution >= 4 is 11.0 Å². The van der Waals surface area contributed by atoms with Crippen molar-refractivity contribution in [1.82, 2.24) is 5.32 Å². The lowest BCUT2D eigenvalue weighted by molar-refractivity contribution is 0.104. The standard InChI is InChI=1S/C27H33NO4/c1-18(2)28-16-21(29)17-31-22-13-14-23-24(15-22)32-27(20-11-7-4-8-12-20)25(26(23)30)19-9-5-3-6-10-19/h3,5-6,9-10,13-15,18,20-21,28-29H,4,7-8,11-12,16-17H2,1-2H3. The minimum atomic E-state index is -0.613. The van der Waals surface area contributed by atoms with Gasteiger partial charge < -0.3 is 19.6 Å². The Hall–Kier alpha value is -2.63. The molecule has 0 spiro atoms. The molecule has 1 atom stereocenters. The van der Waals surface area contributed by atoms with Gasteiger partial charge in [-0.2, -0.15) is 0 Å². The van der Waals surface area contributed by atoms with E-state index in [1.165, 1.54) is 6.42 Å². The summed E-state index contributed by atoms with van der Waals surface area (Å²) in [6.45, 7) is 4.71. The number of nitrogens with one attached hydrogen (secondary N) is 1. The second-order valence-electron chi connectivity index (χ2n) is 9.06. The number of aliphatic hydroxyl groups excluding tert-OH is 1. The fourth-order valence-corrected chi connectivity index (χ4v) is 4.43. The molecule has 1 aliphatic carbocycles. The van der Waals surface area contributed by atoms with Crippen molar-refractivity contribution in [2.75, 3.05) is 13.2 Å². The zero-order valence-electron chi connectivity index (χ0n) is 19.0. The van der Waals surface area contributed by atoms with E-state index >= 15 is 0 Å². The van der Waals surface area contributed by atoms with Gasteiger partial charge in [-0.15, -0.1) is 0 Å². The van der Waals surface area contributed by atoms with Crippen LogP contribution in [0.1, 0.15) is 57.6 Å². The molecule has 170 valence electrons. The van der Waals surface area contributed by atoms with E-state index in [1.807, 2.05) is 44.2 Å². The van der Waals surface area contributed by atoms with Gasteiger partial charge in [-0.05, 0) is 30.5 Å². The lowest BCUT2D eigenvalue weighted by atomic mass is 9.84. The van der Waals surface area contributed by atoms with Crippen LogP contribution in [0.25, 0.3) is 22.1 Å². The van der Waals surface area contributed by atoms with Crippen molar-refractivity contribution in [2.24, 2.45) is 0 Å². The van der Waals surface area contributed by atoms with Crippen LogP contribution in [0.2, 0.25) is 0 Å². The molecule has 1 heterocycles. The average Bonchev–Trinajstić information content (AvgIpc) is 2.82. The molecule has 5 heteroatoms. The number of rotatable bonds is 8. The summed E-state index contributed by atoms with van der Waals surface area (Å²) in [4.78, 5) is 13.6. The molecule has 1 aliphatic rings. The first kappa shape index (κ1) is 22.6. The monoisotopic (exact) mass is 435 g/mol. The number of aliphatic hydroxyl groups is 1. The van der Waals surface area contributed by atoms with E-state index in [-0.39, 0.29) is 18.0 Å². The first-order valence-electron chi connectivity index (χ1n) is 11.7. The summed E-state index contributed by atoms with van der Waals surface area (Å²) in [5, 5.41) is 13.9. The molecule has 3 aromatic rings. The van der Waals surface area contributed by atoms with Gasteiger partial charge in [0.2, 0.25) is 5.43 Å². The minimum absolute atomic E-state index is 0.00532. The van der Waals surface area contributed by atoms with Crippen LogP contribution >= 0.6 is 0 Å². The molecular weight excluding hydrogens is 402 g/mol. The van der Waals surface area contributed by atoms with E-state index < -0.39 is 6.10 Å². The van der Waals surface area contributed by atoms with E-state index in [1.54, 1.807) is 18.2 Å². The minimum Gasteiger partial charge on any atom is -0.491 e. The Kier molecular flexibility index (Phi) is 7.28. The molecule has 1 saturated carbocycles. The van der Waals surface area contributed by atoms with Crippen LogP contribution in [0.15, 0.2) is 57.7 Å². The summed E-state index contributed by atoms with van der Waals surface area (Å²) in [6, 6.07) is 15.5. The third kappa shape index (κ3) is 5.22. The Balaban J connectivity index is 1.68. The van der Waals surface area contributed by atoms with Crippen molar-refractivity contribution in [3.05, 3.63) is 64.5 Å². The maximum Gasteiger partial charge on any atom is 0.200 e. The first-order valence-corrected chi connectivity index (χ1v) is 11.7. The summed E-state index contributed by atoms with van der Waals surface area (Å²) in [5.41, 5.74) is 2.15. The van der Waals surface area contributed by atoms with Gasteiger partial charge in [0.05, 0.1) is 10.9 Å². The van der Waals surface area contributed by atoms with Crippen molar-refractivity contribution in [1.29, 1.82) is 0 Å². The van der Waals surface area contributed by atoms with Gasteiger partial charge in [0, 0.05) is 24.6 Å². The highest BCUT2D eigenvalue weighted by Crippen LogP contribution is 2.38. The highest BCUT2D eigenvalue weighted by molar-refractivity contribution is 5.84. The number of benzene rings is 2. The van der Waals surface area contributed by atoms with Gasteiger partial charge in [-0.1, -0.05) is 63.4 Å². The molecule has 4 rings (SSSR count). The average molecular weight is 436 g/mol. The Morgan fingerprint density at radius 3 is 2.56 bits per heavy atom. The van der Waals surface area contributed by atoms with Gasteiger partial charge in [0.25, 0.3) is 0 Å². The molecule has 0 saturated heterocycles. The molecule has 0 amide bonds. The maximum atomic E-state index is 13.6. The smallest absolute Gasteiger partial charge is 0.200 e. The number of fused-ring (bicyclic) bond motifs is 1. The molecule has 1 unspecified atom stereocenters. The molecule has 1 fully saturated rings. The zero-order chi connectivity index (χ0) is 22.5. The highest BCUT2D eigenvalue weighted by Gasteiger charge is 2.25. The lowest BCUT2D eigenvalue weighted by Gasteiger charge is -2.23. The fourth-order valence-electron chi connectivity index (χ4n) is 4.43. The molecule has 5 nitrogen and oxygen atoms in total. The zero-order valence-corrected chi connectivity index (χ0v) is 19.0. The predicted molar refractivity (Wildman–Crippen MR) is 128 cm³/mol. The molecule has 2 aromatic carbocycles. The number of ether oxygens (including phenoxy) is 1. The molecule has 32 heavy (non-hydrogen) atoms. The Bertz CT molecular complexity index is 1080. The SMILES string of the molecule is CC(C)NCC(O)COc1ccc2c(=O)c(-c3ccccc3)c(C3CCCCC3)oc2c1. The van der Waals surface area contributed by atoms with Crippen molar-refractivity contribution in [3.63, 3.8) is 0 Å². The van der Waals surface area contributed by atoms with Gasteiger partial charge in [-0.25, -0.2) is 0 Å². The van der Waals surface area contributed by atoms with E-state index in [4.69, 9.17) is 9.15 Å². The third-order valence-corrected chi connectivity index (χ3v) is 6.13. The molecular formula is C27H33NO4. The fraction of sp³-hybridized carbons (Fsp3) is 0.444. The molecule has 0 radical (unpaired) electrons. The van der Waals surface area contributed by atoms with Crippen LogP contribution in [-0.2, 0) is 0 Å². The summed E-state index contributed by atoms with van der Waals surface area (Å²) >= 11 is 0. The summed E-state index contributed by atoms with van der Waals surface area (Å²) in [7, 11) is 0. The maximum absolute atomic E-state index is 13.6. The predicted octanol–water partition coefficient (Wildman–Crippen LogP) is 5.25. The van der Waals surface area contributed by atoms with E-state index in [0.29, 0.717) is 34.9 Å². The van der Waals surface area contributed by atoms with Crippen molar-refractivity contribution < 1.29 is 14.3 Å². The second kappa shape index (κ2) is 10.3. The van der Waals surface area contributed by atoms with Crippen LogP contribution in [0.4, 0.5) is 0 Å². The quantitative estimate of drug-likeness (QED) is 0.506. The Morgan fingerprint density at radius 1 is 1.09 bits per heavy atom. The number of hydrogen-bond acceptors (Lipinski definition) is 5. The van der Waals surface area contributed by atoms with Crippen LogP contribution in [0.3, 0.4) is 0 Å². The van der Waals surface area contributed by atoms with E-state index in [9.17, 15) is 9.90 Å². The van der Waals surface area contributed by atoms with Crippen LogP contribution in [0, 0.1) is 0 Å². The van der Waals surface area contributed by atoms with Crippen molar-refractivity contribution in [3.8, 4) is 16.9 Å². The van der Waals surface area contributed by atoms with Crippen LogP contribution < -0.4 is 15.5 Å². The highest BCUT2D eigenvalue weighted by atomic mass is 16.5. The Morgan fingerprint density at radius 2 is 1.84 bits per heavy atom.